The van der Waals surface area contributed by atoms with Crippen molar-refractivity contribution < 1.29 is 14.3 Å². The summed E-state index contributed by atoms with van der Waals surface area (Å²) < 4.78 is 4.87. The number of carbonyl (C=O) groups is 2. The number of hydrogen-bond acceptors (Lipinski definition) is 3. The lowest BCUT2D eigenvalue weighted by Gasteiger charge is -2.35. The Hall–Kier alpha value is -1.10. The molecule has 0 aliphatic carbocycles. The monoisotopic (exact) mass is 242 g/mol. The van der Waals surface area contributed by atoms with E-state index >= 15 is 0 Å². The Kier molecular flexibility index (Phi) is 5.97. The predicted octanol–water partition coefficient (Wildman–Crippen LogP) is 0.540. The first-order valence-electron chi connectivity index (χ1n) is 6.24. The molecule has 1 saturated heterocycles. The van der Waals surface area contributed by atoms with Gasteiger partial charge in [0.25, 0.3) is 0 Å². The maximum atomic E-state index is 11.8. The molecule has 0 unspecified atom stereocenters. The van der Waals surface area contributed by atoms with Crippen LogP contribution in [0.2, 0.25) is 0 Å². The smallest absolute Gasteiger partial charge is 0.248 e. The van der Waals surface area contributed by atoms with Crippen molar-refractivity contribution in [1.29, 1.82) is 0 Å². The van der Waals surface area contributed by atoms with Gasteiger partial charge in [0.15, 0.2) is 0 Å². The van der Waals surface area contributed by atoms with E-state index in [4.69, 9.17) is 4.74 Å². The topological polar surface area (TPSA) is 58.6 Å². The van der Waals surface area contributed by atoms with Gasteiger partial charge in [0.2, 0.25) is 11.8 Å². The van der Waals surface area contributed by atoms with Crippen molar-refractivity contribution in [3.63, 3.8) is 0 Å². The number of rotatable bonds is 5. The van der Waals surface area contributed by atoms with E-state index in [1.54, 1.807) is 4.90 Å². The summed E-state index contributed by atoms with van der Waals surface area (Å²) in [5, 5.41) is 2.78. The van der Waals surface area contributed by atoms with Crippen molar-refractivity contribution >= 4 is 11.8 Å². The molecule has 0 aromatic rings. The van der Waals surface area contributed by atoms with Gasteiger partial charge in [0, 0.05) is 32.7 Å². The van der Waals surface area contributed by atoms with E-state index in [-0.39, 0.29) is 24.5 Å². The first kappa shape index (κ1) is 14.0. The molecule has 5 heteroatoms. The number of piperidine rings is 1. The third-order valence-corrected chi connectivity index (χ3v) is 3.01. The minimum Gasteiger partial charge on any atom is -0.375 e. The van der Waals surface area contributed by atoms with Gasteiger partial charge < -0.3 is 15.0 Å². The quantitative estimate of drug-likeness (QED) is 0.765. The minimum atomic E-state index is -0.0125. The summed E-state index contributed by atoms with van der Waals surface area (Å²) in [6, 6.07) is 0.0398. The maximum absolute atomic E-state index is 11.8. The predicted molar refractivity (Wildman–Crippen MR) is 64.5 cm³/mol. The van der Waals surface area contributed by atoms with Crippen LogP contribution in [0.5, 0.6) is 0 Å². The van der Waals surface area contributed by atoms with E-state index in [1.807, 2.05) is 6.92 Å². The van der Waals surface area contributed by atoms with E-state index in [1.165, 1.54) is 7.11 Å². The van der Waals surface area contributed by atoms with Gasteiger partial charge in [0.1, 0.15) is 6.61 Å². The van der Waals surface area contributed by atoms with Crippen LogP contribution in [0.15, 0.2) is 0 Å². The Labute approximate surface area is 102 Å². The molecule has 1 aliphatic heterocycles. The highest BCUT2D eigenvalue weighted by Crippen LogP contribution is 2.19. The first-order chi connectivity index (χ1) is 8.19. The van der Waals surface area contributed by atoms with Gasteiger partial charge in [-0.3, -0.25) is 9.59 Å². The Morgan fingerprint density at radius 3 is 2.82 bits per heavy atom. The third-order valence-electron chi connectivity index (χ3n) is 3.01. The summed E-state index contributed by atoms with van der Waals surface area (Å²) in [5.74, 6) is 0.0103. The molecule has 1 heterocycles. The summed E-state index contributed by atoms with van der Waals surface area (Å²) in [6.45, 7) is 3.38. The second-order valence-corrected chi connectivity index (χ2v) is 4.33. The molecule has 0 saturated carbocycles. The van der Waals surface area contributed by atoms with Gasteiger partial charge in [-0.25, -0.2) is 0 Å². The highest BCUT2D eigenvalue weighted by atomic mass is 16.5. The zero-order chi connectivity index (χ0) is 12.7. The fourth-order valence-corrected chi connectivity index (χ4v) is 2.23. The van der Waals surface area contributed by atoms with E-state index in [0.717, 1.165) is 25.8 Å². The number of methoxy groups -OCH3 is 1. The van der Waals surface area contributed by atoms with Crippen LogP contribution in [0.4, 0.5) is 0 Å². The maximum Gasteiger partial charge on any atom is 0.248 e. The lowest BCUT2D eigenvalue weighted by molar-refractivity contribution is -0.139. The molecule has 0 spiro atoms. The SMILES string of the molecule is CCNC(=O)C[C@H]1CCCCN1C(=O)COC. The summed E-state index contributed by atoms with van der Waals surface area (Å²) >= 11 is 0. The zero-order valence-corrected chi connectivity index (χ0v) is 10.7. The second-order valence-electron chi connectivity index (χ2n) is 4.33. The zero-order valence-electron chi connectivity index (χ0n) is 10.7. The fraction of sp³-hybridized carbons (Fsp3) is 0.833. The standard InChI is InChI=1S/C12H22N2O3/c1-3-13-11(15)8-10-6-4-5-7-14(10)12(16)9-17-2/h10H,3-9H2,1-2H3,(H,13,15)/t10-/m1/s1. The van der Waals surface area contributed by atoms with Gasteiger partial charge in [-0.2, -0.15) is 0 Å². The van der Waals surface area contributed by atoms with Crippen molar-refractivity contribution in [2.45, 2.75) is 38.6 Å². The Balaban J connectivity index is 2.53. The molecule has 0 aromatic carbocycles. The molecule has 17 heavy (non-hydrogen) atoms. The molecular formula is C12H22N2O3. The van der Waals surface area contributed by atoms with Crippen LogP contribution in [0.3, 0.4) is 0 Å². The van der Waals surface area contributed by atoms with Gasteiger partial charge in [-0.15, -0.1) is 0 Å². The van der Waals surface area contributed by atoms with Crippen LogP contribution < -0.4 is 5.32 Å². The first-order valence-corrected chi connectivity index (χ1v) is 6.24. The number of hydrogen-bond donors (Lipinski definition) is 1. The van der Waals surface area contributed by atoms with Gasteiger partial charge in [-0.1, -0.05) is 0 Å². The lowest BCUT2D eigenvalue weighted by atomic mass is 9.99. The highest BCUT2D eigenvalue weighted by molar-refractivity contribution is 5.80. The number of likely N-dealkylation sites (tertiary alicyclic amines) is 1. The fourth-order valence-electron chi connectivity index (χ4n) is 2.23. The van der Waals surface area contributed by atoms with E-state index in [2.05, 4.69) is 5.32 Å². The van der Waals surface area contributed by atoms with Crippen LogP contribution in [-0.4, -0.2) is 49.6 Å². The summed E-state index contributed by atoms with van der Waals surface area (Å²) in [5.41, 5.74) is 0. The number of carbonyl (C=O) groups excluding carboxylic acids is 2. The Bertz CT molecular complexity index is 268. The number of nitrogens with zero attached hydrogens (tertiary/aromatic N) is 1. The molecule has 1 aliphatic rings. The van der Waals surface area contributed by atoms with Crippen molar-refractivity contribution in [2.75, 3.05) is 26.8 Å². The molecule has 0 bridgehead atoms. The summed E-state index contributed by atoms with van der Waals surface area (Å²) in [4.78, 5) is 25.2. The molecule has 5 nitrogen and oxygen atoms in total. The van der Waals surface area contributed by atoms with Crippen molar-refractivity contribution in [1.82, 2.24) is 10.2 Å². The van der Waals surface area contributed by atoms with Gasteiger partial charge in [0.05, 0.1) is 0 Å². The van der Waals surface area contributed by atoms with Crippen LogP contribution in [0, 0.1) is 0 Å². The number of amides is 2. The van der Waals surface area contributed by atoms with Gasteiger partial charge >= 0.3 is 0 Å². The van der Waals surface area contributed by atoms with E-state index in [0.29, 0.717) is 13.0 Å². The second kappa shape index (κ2) is 7.27. The third kappa shape index (κ3) is 4.34. The number of nitrogens with one attached hydrogen (secondary N) is 1. The molecule has 1 N–H and O–H groups in total. The molecular weight excluding hydrogens is 220 g/mol. The Morgan fingerprint density at radius 1 is 1.41 bits per heavy atom. The van der Waals surface area contributed by atoms with Crippen LogP contribution in [0.25, 0.3) is 0 Å². The molecule has 1 fully saturated rings. The Morgan fingerprint density at radius 2 is 2.18 bits per heavy atom. The van der Waals surface area contributed by atoms with E-state index in [9.17, 15) is 9.59 Å². The minimum absolute atomic E-state index is 0.0125. The molecule has 1 rings (SSSR count). The molecule has 0 radical (unpaired) electrons. The molecule has 1 atom stereocenters. The van der Waals surface area contributed by atoms with Crippen LogP contribution in [-0.2, 0) is 14.3 Å². The molecule has 0 aromatic heterocycles. The van der Waals surface area contributed by atoms with E-state index < -0.39 is 0 Å². The van der Waals surface area contributed by atoms with Crippen molar-refractivity contribution in [3.8, 4) is 0 Å². The lowest BCUT2D eigenvalue weighted by Crippen LogP contribution is -2.47. The number of ether oxygens (including phenoxy) is 1. The summed E-state index contributed by atoms with van der Waals surface area (Å²) in [7, 11) is 1.51. The van der Waals surface area contributed by atoms with Crippen LogP contribution >= 0.6 is 0 Å². The highest BCUT2D eigenvalue weighted by Gasteiger charge is 2.27. The van der Waals surface area contributed by atoms with Crippen molar-refractivity contribution in [2.24, 2.45) is 0 Å². The molecule has 98 valence electrons. The van der Waals surface area contributed by atoms with Gasteiger partial charge in [-0.05, 0) is 26.2 Å². The van der Waals surface area contributed by atoms with Crippen molar-refractivity contribution in [3.05, 3.63) is 0 Å². The average Bonchev–Trinajstić information content (AvgIpc) is 2.30. The summed E-state index contributed by atoms with van der Waals surface area (Å²) in [6.07, 6.45) is 3.41. The van der Waals surface area contributed by atoms with Crippen LogP contribution in [0.1, 0.15) is 32.6 Å². The molecule has 2 amide bonds. The average molecular weight is 242 g/mol. The largest absolute Gasteiger partial charge is 0.375 e. The normalized spacial score (nSPS) is 20.1.